The molecule has 0 bridgehead atoms. The first-order chi connectivity index (χ1) is 15.0. The molecule has 164 valence electrons. The molecule has 2 aliphatic rings. The summed E-state index contributed by atoms with van der Waals surface area (Å²) in [5.41, 5.74) is 2.16. The maximum Gasteiger partial charge on any atom is 0.315 e. The van der Waals surface area contributed by atoms with Crippen LogP contribution in [0.1, 0.15) is 37.8 Å². The molecule has 0 spiro atoms. The number of carbonyl (C=O) groups excluding carboxylic acids is 2. The van der Waals surface area contributed by atoms with Gasteiger partial charge in [-0.25, -0.2) is 0 Å². The topological polar surface area (TPSA) is 49.9 Å². The molecule has 2 aromatic carbocycles. The minimum Gasteiger partial charge on any atom is -0.466 e. The molecule has 1 aliphatic carbocycles. The molecule has 1 unspecified atom stereocenters. The zero-order valence-corrected chi connectivity index (χ0v) is 19.0. The number of rotatable bonds is 6. The van der Waals surface area contributed by atoms with Gasteiger partial charge in [0, 0.05) is 28.8 Å². The summed E-state index contributed by atoms with van der Waals surface area (Å²) in [6.07, 6.45) is 2.06. The van der Waals surface area contributed by atoms with Gasteiger partial charge in [-0.2, -0.15) is 0 Å². The summed E-state index contributed by atoms with van der Waals surface area (Å²) in [6, 6.07) is 15.8. The second-order valence-corrected chi connectivity index (χ2v) is 9.01. The number of amides is 1. The molecule has 0 aromatic heterocycles. The van der Waals surface area contributed by atoms with Gasteiger partial charge in [0.05, 0.1) is 18.7 Å². The van der Waals surface area contributed by atoms with Gasteiger partial charge in [-0.15, -0.1) is 0 Å². The Balaban J connectivity index is 1.67. The summed E-state index contributed by atoms with van der Waals surface area (Å²) in [7, 11) is 0. The van der Waals surface area contributed by atoms with Crippen LogP contribution in [0, 0.1) is 5.92 Å². The zero-order chi connectivity index (χ0) is 22.0. The normalized spacial score (nSPS) is 21.1. The highest BCUT2D eigenvalue weighted by Gasteiger charge is 2.44. The number of hydrogen-bond acceptors (Lipinski definition) is 4. The Hall–Kier alpha value is -2.24. The Morgan fingerprint density at radius 3 is 2.16 bits per heavy atom. The molecular formula is C24H26Cl2N2O3. The largest absolute Gasteiger partial charge is 0.466 e. The Kier molecular flexibility index (Phi) is 6.73. The molecule has 0 radical (unpaired) electrons. The average molecular weight is 461 g/mol. The molecular weight excluding hydrogens is 435 g/mol. The Morgan fingerprint density at radius 1 is 0.968 bits per heavy atom. The van der Waals surface area contributed by atoms with Crippen LogP contribution in [0.25, 0.3) is 0 Å². The molecule has 1 saturated carbocycles. The molecule has 2 aromatic rings. The van der Waals surface area contributed by atoms with Crippen molar-refractivity contribution in [3.05, 3.63) is 64.1 Å². The van der Waals surface area contributed by atoms with Crippen molar-refractivity contribution in [2.75, 3.05) is 24.6 Å². The number of benzene rings is 2. The van der Waals surface area contributed by atoms with E-state index in [1.165, 1.54) is 0 Å². The monoisotopic (exact) mass is 460 g/mol. The van der Waals surface area contributed by atoms with E-state index in [1.807, 2.05) is 53.4 Å². The molecule has 1 heterocycles. The van der Waals surface area contributed by atoms with E-state index in [4.69, 9.17) is 27.9 Å². The van der Waals surface area contributed by atoms with Crippen LogP contribution in [0.2, 0.25) is 10.0 Å². The Morgan fingerprint density at radius 2 is 1.58 bits per heavy atom. The predicted octanol–water partition coefficient (Wildman–Crippen LogP) is 5.12. The van der Waals surface area contributed by atoms with Gasteiger partial charge >= 0.3 is 5.97 Å². The van der Waals surface area contributed by atoms with E-state index in [1.54, 1.807) is 6.92 Å². The van der Waals surface area contributed by atoms with Crippen LogP contribution >= 0.6 is 23.2 Å². The number of hydrogen-bond donors (Lipinski definition) is 0. The van der Waals surface area contributed by atoms with E-state index in [-0.39, 0.29) is 31.0 Å². The SMILES string of the molecule is CCOC(=O)CC(=O)N1CC(C2CC2)N(c2ccc(Cl)cc2)[C@H](c2ccc(Cl)cc2)C1. The summed E-state index contributed by atoms with van der Waals surface area (Å²) in [6.45, 7) is 3.10. The summed E-state index contributed by atoms with van der Waals surface area (Å²) in [5, 5.41) is 1.37. The summed E-state index contributed by atoms with van der Waals surface area (Å²) >= 11 is 12.3. The minimum absolute atomic E-state index is 0.0519. The molecule has 4 rings (SSSR count). The fourth-order valence-electron chi connectivity index (χ4n) is 4.36. The van der Waals surface area contributed by atoms with Gasteiger partial charge in [-0.3, -0.25) is 9.59 Å². The van der Waals surface area contributed by atoms with Crippen LogP contribution in [-0.2, 0) is 14.3 Å². The van der Waals surface area contributed by atoms with Gasteiger partial charge < -0.3 is 14.5 Å². The number of nitrogens with zero attached hydrogens (tertiary/aromatic N) is 2. The van der Waals surface area contributed by atoms with E-state index >= 15 is 0 Å². The molecule has 1 amide bonds. The first-order valence-corrected chi connectivity index (χ1v) is 11.4. The van der Waals surface area contributed by atoms with Crippen LogP contribution < -0.4 is 4.90 Å². The number of esters is 1. The number of ether oxygens (including phenoxy) is 1. The van der Waals surface area contributed by atoms with Crippen molar-refractivity contribution in [2.24, 2.45) is 5.92 Å². The van der Waals surface area contributed by atoms with Crippen molar-refractivity contribution in [1.29, 1.82) is 0 Å². The number of anilines is 1. The number of halogens is 2. The van der Waals surface area contributed by atoms with Crippen molar-refractivity contribution < 1.29 is 14.3 Å². The van der Waals surface area contributed by atoms with E-state index in [0.717, 1.165) is 24.1 Å². The fraction of sp³-hybridized carbons (Fsp3) is 0.417. The lowest BCUT2D eigenvalue weighted by molar-refractivity contribution is -0.149. The highest BCUT2D eigenvalue weighted by molar-refractivity contribution is 6.30. The van der Waals surface area contributed by atoms with Gasteiger partial charge in [0.2, 0.25) is 5.91 Å². The van der Waals surface area contributed by atoms with Gasteiger partial charge in [0.1, 0.15) is 6.42 Å². The molecule has 0 N–H and O–H groups in total. The molecule has 1 aliphatic heterocycles. The Bertz CT molecular complexity index is 929. The molecule has 2 fully saturated rings. The van der Waals surface area contributed by atoms with Crippen LogP contribution in [0.5, 0.6) is 0 Å². The number of piperazine rings is 1. The molecule has 31 heavy (non-hydrogen) atoms. The van der Waals surface area contributed by atoms with Crippen molar-refractivity contribution in [2.45, 2.75) is 38.3 Å². The average Bonchev–Trinajstić information content (AvgIpc) is 3.59. The van der Waals surface area contributed by atoms with Crippen molar-refractivity contribution in [1.82, 2.24) is 4.90 Å². The van der Waals surface area contributed by atoms with Crippen LogP contribution in [-0.4, -0.2) is 42.5 Å². The van der Waals surface area contributed by atoms with Crippen molar-refractivity contribution in [3.8, 4) is 0 Å². The van der Waals surface area contributed by atoms with E-state index in [2.05, 4.69) is 4.90 Å². The van der Waals surface area contributed by atoms with Gasteiger partial charge in [-0.1, -0.05) is 35.3 Å². The highest BCUT2D eigenvalue weighted by Crippen LogP contribution is 2.44. The fourth-order valence-corrected chi connectivity index (χ4v) is 4.61. The Labute approximate surface area is 192 Å². The standard InChI is InChI=1S/C24H26Cl2N2O3/c1-2-31-24(30)13-23(29)27-14-21(16-3-4-16)28(20-11-9-19(26)10-12-20)22(15-27)17-5-7-18(25)8-6-17/h5-12,16,21-22H,2-4,13-15H2,1H3/t21?,22-/m0/s1. The van der Waals surface area contributed by atoms with Crippen LogP contribution in [0.3, 0.4) is 0 Å². The minimum atomic E-state index is -0.473. The lowest BCUT2D eigenvalue weighted by Gasteiger charge is -2.49. The quantitative estimate of drug-likeness (QED) is 0.443. The molecule has 2 atom stereocenters. The second-order valence-electron chi connectivity index (χ2n) is 8.14. The highest BCUT2D eigenvalue weighted by atomic mass is 35.5. The molecule has 1 saturated heterocycles. The van der Waals surface area contributed by atoms with Gasteiger partial charge in [0.25, 0.3) is 0 Å². The molecule has 7 heteroatoms. The molecule has 5 nitrogen and oxygen atoms in total. The lowest BCUT2D eigenvalue weighted by Crippen LogP contribution is -2.57. The summed E-state index contributed by atoms with van der Waals surface area (Å²) in [5.74, 6) is -0.138. The third kappa shape index (κ3) is 5.16. The maximum atomic E-state index is 13.0. The third-order valence-electron chi connectivity index (χ3n) is 5.99. The van der Waals surface area contributed by atoms with E-state index < -0.39 is 5.97 Å². The van der Waals surface area contributed by atoms with Crippen molar-refractivity contribution in [3.63, 3.8) is 0 Å². The van der Waals surface area contributed by atoms with Crippen molar-refractivity contribution >= 4 is 40.8 Å². The zero-order valence-electron chi connectivity index (χ0n) is 17.5. The number of carbonyl (C=O) groups is 2. The van der Waals surface area contributed by atoms with Gasteiger partial charge in [-0.05, 0) is 67.6 Å². The third-order valence-corrected chi connectivity index (χ3v) is 6.50. The lowest BCUT2D eigenvalue weighted by atomic mass is 9.95. The van der Waals surface area contributed by atoms with E-state index in [9.17, 15) is 9.59 Å². The predicted molar refractivity (Wildman–Crippen MR) is 122 cm³/mol. The first kappa shape index (κ1) is 22.0. The summed E-state index contributed by atoms with van der Waals surface area (Å²) < 4.78 is 4.99. The van der Waals surface area contributed by atoms with E-state index in [0.29, 0.717) is 29.1 Å². The van der Waals surface area contributed by atoms with Gasteiger partial charge in [0.15, 0.2) is 0 Å². The maximum absolute atomic E-state index is 13.0. The van der Waals surface area contributed by atoms with Crippen LogP contribution in [0.4, 0.5) is 5.69 Å². The summed E-state index contributed by atoms with van der Waals surface area (Å²) in [4.78, 5) is 29.1. The second kappa shape index (κ2) is 9.49. The smallest absolute Gasteiger partial charge is 0.315 e. The first-order valence-electron chi connectivity index (χ1n) is 10.7. The van der Waals surface area contributed by atoms with Crippen LogP contribution in [0.15, 0.2) is 48.5 Å².